The van der Waals surface area contributed by atoms with Crippen LogP contribution in [0.3, 0.4) is 0 Å². The van der Waals surface area contributed by atoms with E-state index in [0.717, 1.165) is 6.42 Å². The van der Waals surface area contributed by atoms with Crippen molar-refractivity contribution in [2.75, 3.05) is 0 Å². The third-order valence-electron chi connectivity index (χ3n) is 1.65. The van der Waals surface area contributed by atoms with Crippen molar-refractivity contribution in [3.05, 3.63) is 0 Å². The van der Waals surface area contributed by atoms with Gasteiger partial charge in [-0.15, -0.1) is 0 Å². The summed E-state index contributed by atoms with van der Waals surface area (Å²) >= 11 is 0. The summed E-state index contributed by atoms with van der Waals surface area (Å²) in [7, 11) is 0. The Balaban J connectivity index is 2.16. The van der Waals surface area contributed by atoms with Crippen LogP contribution < -0.4 is 11.5 Å². The van der Waals surface area contributed by atoms with Crippen LogP contribution in [0.25, 0.3) is 0 Å². The Morgan fingerprint density at radius 1 is 1.67 bits per heavy atom. The number of hydrogen-bond donors (Lipinski definition) is 2. The van der Waals surface area contributed by atoms with Gasteiger partial charge in [0, 0.05) is 0 Å². The average molecular weight is 128 g/mol. The third-order valence-corrected chi connectivity index (χ3v) is 1.65. The molecule has 1 fully saturated rings. The first-order chi connectivity index (χ1) is 4.20. The summed E-state index contributed by atoms with van der Waals surface area (Å²) in [5, 5.41) is 0. The fourth-order valence-electron chi connectivity index (χ4n) is 0.829. The molecule has 0 bridgehead atoms. The summed E-state index contributed by atoms with van der Waals surface area (Å²) in [6.45, 7) is 0. The molecule has 1 rings (SSSR count). The Kier molecular flexibility index (Phi) is 1.71. The van der Waals surface area contributed by atoms with Gasteiger partial charge < -0.3 is 11.5 Å². The highest BCUT2D eigenvalue weighted by atomic mass is 16.1. The molecule has 0 saturated heterocycles. The van der Waals surface area contributed by atoms with Crippen LogP contribution >= 0.6 is 0 Å². The zero-order valence-electron chi connectivity index (χ0n) is 5.34. The lowest BCUT2D eigenvalue weighted by atomic mass is 10.1. The second-order valence-corrected chi connectivity index (χ2v) is 2.69. The largest absolute Gasteiger partial charge is 0.368 e. The van der Waals surface area contributed by atoms with Crippen LogP contribution in [0, 0.1) is 5.92 Å². The van der Waals surface area contributed by atoms with Gasteiger partial charge in [0.25, 0.3) is 0 Å². The summed E-state index contributed by atoms with van der Waals surface area (Å²) in [6.07, 6.45) is 3.23. The van der Waals surface area contributed by atoms with Gasteiger partial charge in [-0.25, -0.2) is 0 Å². The number of nitrogens with two attached hydrogens (primary N) is 2. The van der Waals surface area contributed by atoms with Gasteiger partial charge >= 0.3 is 0 Å². The van der Waals surface area contributed by atoms with Crippen LogP contribution in [0.1, 0.15) is 19.3 Å². The number of amides is 1. The predicted octanol–water partition coefficient (Wildman–Crippen LogP) is -0.401. The predicted molar refractivity (Wildman–Crippen MR) is 34.5 cm³/mol. The van der Waals surface area contributed by atoms with Crippen molar-refractivity contribution in [3.8, 4) is 0 Å². The Hall–Kier alpha value is -0.570. The molecule has 0 spiro atoms. The number of hydrogen-bond acceptors (Lipinski definition) is 2. The topological polar surface area (TPSA) is 69.1 Å². The maximum atomic E-state index is 10.4. The second-order valence-electron chi connectivity index (χ2n) is 2.69. The lowest BCUT2D eigenvalue weighted by Crippen LogP contribution is -2.36. The van der Waals surface area contributed by atoms with E-state index in [-0.39, 0.29) is 5.91 Å². The van der Waals surface area contributed by atoms with Crippen molar-refractivity contribution in [1.29, 1.82) is 0 Å². The molecule has 4 N–H and O–H groups in total. The van der Waals surface area contributed by atoms with Gasteiger partial charge in [0.2, 0.25) is 5.91 Å². The van der Waals surface area contributed by atoms with E-state index in [0.29, 0.717) is 5.92 Å². The van der Waals surface area contributed by atoms with E-state index >= 15 is 0 Å². The van der Waals surface area contributed by atoms with Gasteiger partial charge in [0.1, 0.15) is 0 Å². The molecule has 1 atom stereocenters. The molecule has 1 saturated carbocycles. The summed E-state index contributed by atoms with van der Waals surface area (Å²) in [6, 6.07) is -0.405. The molecular weight excluding hydrogens is 116 g/mol. The van der Waals surface area contributed by atoms with E-state index in [1.165, 1.54) is 12.8 Å². The second kappa shape index (κ2) is 2.35. The number of carbonyl (C=O) groups excluding carboxylic acids is 1. The van der Waals surface area contributed by atoms with E-state index in [1.54, 1.807) is 0 Å². The molecule has 3 nitrogen and oxygen atoms in total. The minimum atomic E-state index is -0.405. The van der Waals surface area contributed by atoms with Gasteiger partial charge in [0.05, 0.1) is 6.04 Å². The molecule has 52 valence electrons. The standard InChI is InChI=1S/C6H12N2O/c7-5(6(8)9)3-4-1-2-4/h4-5H,1-3,7H2,(H2,8,9). The first-order valence-corrected chi connectivity index (χ1v) is 3.25. The zero-order chi connectivity index (χ0) is 6.85. The van der Waals surface area contributed by atoms with E-state index < -0.39 is 6.04 Å². The monoisotopic (exact) mass is 128 g/mol. The van der Waals surface area contributed by atoms with E-state index in [2.05, 4.69) is 0 Å². The molecule has 1 amide bonds. The fraction of sp³-hybridized carbons (Fsp3) is 0.833. The van der Waals surface area contributed by atoms with Crippen LogP contribution in [0.4, 0.5) is 0 Å². The fourth-order valence-corrected chi connectivity index (χ4v) is 0.829. The normalized spacial score (nSPS) is 21.4. The maximum Gasteiger partial charge on any atom is 0.234 e. The lowest BCUT2D eigenvalue weighted by Gasteiger charge is -2.03. The van der Waals surface area contributed by atoms with Crippen LogP contribution in [-0.2, 0) is 4.79 Å². The number of rotatable bonds is 3. The quantitative estimate of drug-likeness (QED) is 0.543. The summed E-state index contributed by atoms with van der Waals surface area (Å²) in [4.78, 5) is 10.4. The SMILES string of the molecule is NC(=O)C(N)CC1CC1. The average Bonchev–Trinajstić information content (AvgIpc) is 2.50. The molecule has 1 aliphatic rings. The van der Waals surface area contributed by atoms with Crippen molar-refractivity contribution >= 4 is 5.91 Å². The van der Waals surface area contributed by atoms with Crippen LogP contribution in [0.5, 0.6) is 0 Å². The van der Waals surface area contributed by atoms with E-state index in [9.17, 15) is 4.79 Å². The van der Waals surface area contributed by atoms with Crippen molar-refractivity contribution in [3.63, 3.8) is 0 Å². The lowest BCUT2D eigenvalue weighted by molar-refractivity contribution is -0.119. The van der Waals surface area contributed by atoms with Crippen molar-refractivity contribution in [2.24, 2.45) is 17.4 Å². The summed E-state index contributed by atoms with van der Waals surface area (Å²) in [5.41, 5.74) is 10.3. The molecule has 0 radical (unpaired) electrons. The van der Waals surface area contributed by atoms with Gasteiger partial charge in [-0.05, 0) is 12.3 Å². The molecule has 0 aliphatic heterocycles. The van der Waals surface area contributed by atoms with Crippen molar-refractivity contribution < 1.29 is 4.79 Å². The summed E-state index contributed by atoms with van der Waals surface area (Å²) < 4.78 is 0. The van der Waals surface area contributed by atoms with Gasteiger partial charge in [-0.3, -0.25) is 4.79 Å². The molecule has 0 aromatic heterocycles. The van der Waals surface area contributed by atoms with Crippen LogP contribution in [0.15, 0.2) is 0 Å². The first-order valence-electron chi connectivity index (χ1n) is 3.25. The smallest absolute Gasteiger partial charge is 0.234 e. The maximum absolute atomic E-state index is 10.4. The van der Waals surface area contributed by atoms with Crippen molar-refractivity contribution in [2.45, 2.75) is 25.3 Å². The Morgan fingerprint density at radius 2 is 2.22 bits per heavy atom. The minimum absolute atomic E-state index is 0.373. The molecular formula is C6H12N2O. The third kappa shape index (κ3) is 2.01. The highest BCUT2D eigenvalue weighted by molar-refractivity contribution is 5.79. The molecule has 3 heteroatoms. The molecule has 0 heterocycles. The zero-order valence-corrected chi connectivity index (χ0v) is 5.34. The Bertz CT molecular complexity index is 120. The number of primary amides is 1. The molecule has 9 heavy (non-hydrogen) atoms. The summed E-state index contributed by atoms with van der Waals surface area (Å²) in [5.74, 6) is 0.314. The highest BCUT2D eigenvalue weighted by Gasteiger charge is 2.25. The van der Waals surface area contributed by atoms with E-state index in [1.807, 2.05) is 0 Å². The van der Waals surface area contributed by atoms with E-state index in [4.69, 9.17) is 11.5 Å². The van der Waals surface area contributed by atoms with Gasteiger partial charge in [-0.2, -0.15) is 0 Å². The molecule has 0 aromatic rings. The Morgan fingerprint density at radius 3 is 2.56 bits per heavy atom. The highest BCUT2D eigenvalue weighted by Crippen LogP contribution is 2.32. The first kappa shape index (κ1) is 6.55. The van der Waals surface area contributed by atoms with Gasteiger partial charge in [0.15, 0.2) is 0 Å². The molecule has 1 aliphatic carbocycles. The van der Waals surface area contributed by atoms with Gasteiger partial charge in [-0.1, -0.05) is 12.8 Å². The van der Waals surface area contributed by atoms with Crippen molar-refractivity contribution in [1.82, 2.24) is 0 Å². The number of carbonyl (C=O) groups is 1. The minimum Gasteiger partial charge on any atom is -0.368 e. The molecule has 1 unspecified atom stereocenters. The molecule has 0 aromatic carbocycles. The van der Waals surface area contributed by atoms with Crippen LogP contribution in [-0.4, -0.2) is 11.9 Å². The van der Waals surface area contributed by atoms with Crippen LogP contribution in [0.2, 0.25) is 0 Å². The Labute approximate surface area is 54.4 Å².